The molecule has 0 spiro atoms. The van der Waals surface area contributed by atoms with Crippen LogP contribution >= 0.6 is 0 Å². The standard InChI is InChI=1S/C10H23N3O/c1-13-6-4-10(8-11,9-13)12-5-2-3-7-14/h12,14H,2-9,11H2,1H3. The van der Waals surface area contributed by atoms with Crippen LogP contribution in [0.3, 0.4) is 0 Å². The van der Waals surface area contributed by atoms with Gasteiger partial charge in [0.25, 0.3) is 0 Å². The second-order valence-corrected chi connectivity index (χ2v) is 4.33. The Morgan fingerprint density at radius 3 is 2.79 bits per heavy atom. The number of rotatable bonds is 6. The normalized spacial score (nSPS) is 28.5. The van der Waals surface area contributed by atoms with E-state index in [9.17, 15) is 0 Å². The van der Waals surface area contributed by atoms with Gasteiger partial charge < -0.3 is 21.1 Å². The van der Waals surface area contributed by atoms with Gasteiger partial charge in [0.05, 0.1) is 0 Å². The lowest BCUT2D eigenvalue weighted by molar-refractivity contribution is 0.273. The zero-order chi connectivity index (χ0) is 10.4. The van der Waals surface area contributed by atoms with Crippen molar-refractivity contribution in [3.05, 3.63) is 0 Å². The van der Waals surface area contributed by atoms with Crippen molar-refractivity contribution in [3.63, 3.8) is 0 Å². The van der Waals surface area contributed by atoms with Crippen molar-refractivity contribution in [3.8, 4) is 0 Å². The van der Waals surface area contributed by atoms with Crippen LogP contribution in [0.4, 0.5) is 0 Å². The second-order valence-electron chi connectivity index (χ2n) is 4.33. The summed E-state index contributed by atoms with van der Waals surface area (Å²) in [5, 5.41) is 12.2. The monoisotopic (exact) mass is 201 g/mol. The van der Waals surface area contributed by atoms with Gasteiger partial charge in [0, 0.05) is 25.2 Å². The number of likely N-dealkylation sites (tertiary alicyclic amines) is 1. The molecule has 0 aliphatic carbocycles. The van der Waals surface area contributed by atoms with E-state index in [0.29, 0.717) is 6.54 Å². The average Bonchev–Trinajstić information content (AvgIpc) is 2.56. The van der Waals surface area contributed by atoms with E-state index in [1.54, 1.807) is 0 Å². The first kappa shape index (κ1) is 11.9. The summed E-state index contributed by atoms with van der Waals surface area (Å²) in [6, 6.07) is 0. The Hall–Kier alpha value is -0.160. The predicted octanol–water partition coefficient (Wildman–Crippen LogP) is -0.618. The van der Waals surface area contributed by atoms with E-state index in [1.165, 1.54) is 0 Å². The lowest BCUT2D eigenvalue weighted by Crippen LogP contribution is -2.53. The number of likely N-dealkylation sites (N-methyl/N-ethyl adjacent to an activating group) is 1. The third-order valence-corrected chi connectivity index (χ3v) is 3.02. The van der Waals surface area contributed by atoms with Crippen LogP contribution in [0, 0.1) is 0 Å². The third-order valence-electron chi connectivity index (χ3n) is 3.02. The van der Waals surface area contributed by atoms with Gasteiger partial charge in [-0.2, -0.15) is 0 Å². The SMILES string of the molecule is CN1CCC(CN)(NCCCCO)C1. The molecule has 0 aromatic heterocycles. The Kier molecular flexibility index (Phi) is 4.81. The minimum atomic E-state index is 0.129. The molecule has 1 aliphatic rings. The summed E-state index contributed by atoms with van der Waals surface area (Å²) in [5.74, 6) is 0. The molecule has 1 fully saturated rings. The molecule has 4 heteroatoms. The number of aliphatic hydroxyl groups excluding tert-OH is 1. The highest BCUT2D eigenvalue weighted by Crippen LogP contribution is 2.18. The average molecular weight is 201 g/mol. The molecule has 0 saturated carbocycles. The molecular weight excluding hydrogens is 178 g/mol. The Labute approximate surface area is 86.5 Å². The number of hydrogen-bond acceptors (Lipinski definition) is 4. The van der Waals surface area contributed by atoms with Crippen LogP contribution in [-0.2, 0) is 0 Å². The number of nitrogens with zero attached hydrogens (tertiary/aromatic N) is 1. The van der Waals surface area contributed by atoms with Gasteiger partial charge in [0.1, 0.15) is 0 Å². The molecule has 1 atom stereocenters. The van der Waals surface area contributed by atoms with Crippen molar-refractivity contribution >= 4 is 0 Å². The summed E-state index contributed by atoms with van der Waals surface area (Å²) >= 11 is 0. The largest absolute Gasteiger partial charge is 0.396 e. The van der Waals surface area contributed by atoms with Gasteiger partial charge in [-0.15, -0.1) is 0 Å². The molecule has 4 N–H and O–H groups in total. The van der Waals surface area contributed by atoms with Crippen LogP contribution in [0.15, 0.2) is 0 Å². The van der Waals surface area contributed by atoms with Crippen LogP contribution in [0.25, 0.3) is 0 Å². The first-order valence-corrected chi connectivity index (χ1v) is 5.47. The summed E-state index contributed by atoms with van der Waals surface area (Å²) < 4.78 is 0. The first-order chi connectivity index (χ1) is 6.72. The highest BCUT2D eigenvalue weighted by atomic mass is 16.2. The molecule has 0 amide bonds. The molecule has 4 nitrogen and oxygen atoms in total. The number of unbranched alkanes of at least 4 members (excludes halogenated alkanes) is 1. The van der Waals surface area contributed by atoms with Gasteiger partial charge in [-0.05, 0) is 39.4 Å². The van der Waals surface area contributed by atoms with Gasteiger partial charge in [-0.3, -0.25) is 0 Å². The quantitative estimate of drug-likeness (QED) is 0.501. The number of nitrogens with one attached hydrogen (secondary N) is 1. The van der Waals surface area contributed by atoms with E-state index >= 15 is 0 Å². The molecule has 1 aliphatic heterocycles. The maximum Gasteiger partial charge on any atom is 0.0444 e. The highest BCUT2D eigenvalue weighted by Gasteiger charge is 2.34. The minimum Gasteiger partial charge on any atom is -0.396 e. The van der Waals surface area contributed by atoms with E-state index in [4.69, 9.17) is 10.8 Å². The lowest BCUT2D eigenvalue weighted by atomic mass is 9.98. The van der Waals surface area contributed by atoms with Gasteiger partial charge in [-0.1, -0.05) is 0 Å². The Bertz CT molecular complexity index is 165. The van der Waals surface area contributed by atoms with E-state index < -0.39 is 0 Å². The van der Waals surface area contributed by atoms with Gasteiger partial charge in [0.15, 0.2) is 0 Å². The van der Waals surface area contributed by atoms with Crippen molar-refractivity contribution in [2.45, 2.75) is 24.8 Å². The summed E-state index contributed by atoms with van der Waals surface area (Å²) in [6.07, 6.45) is 3.05. The molecule has 1 heterocycles. The fourth-order valence-corrected chi connectivity index (χ4v) is 2.05. The maximum atomic E-state index is 8.66. The van der Waals surface area contributed by atoms with Crippen molar-refractivity contribution in [1.82, 2.24) is 10.2 Å². The molecule has 14 heavy (non-hydrogen) atoms. The minimum absolute atomic E-state index is 0.129. The van der Waals surface area contributed by atoms with Crippen LogP contribution in [0.5, 0.6) is 0 Å². The fourth-order valence-electron chi connectivity index (χ4n) is 2.05. The van der Waals surface area contributed by atoms with Crippen molar-refractivity contribution in [2.24, 2.45) is 5.73 Å². The van der Waals surface area contributed by atoms with Crippen molar-refractivity contribution < 1.29 is 5.11 Å². The van der Waals surface area contributed by atoms with Crippen LogP contribution in [0.2, 0.25) is 0 Å². The summed E-state index contributed by atoms with van der Waals surface area (Å²) in [5.41, 5.74) is 5.94. The molecule has 0 bridgehead atoms. The first-order valence-electron chi connectivity index (χ1n) is 5.47. The smallest absolute Gasteiger partial charge is 0.0444 e. The number of hydrogen-bond donors (Lipinski definition) is 3. The van der Waals surface area contributed by atoms with Gasteiger partial charge in [0.2, 0.25) is 0 Å². The third kappa shape index (κ3) is 3.20. The van der Waals surface area contributed by atoms with Crippen LogP contribution < -0.4 is 11.1 Å². The fraction of sp³-hybridized carbons (Fsp3) is 1.00. The molecule has 1 rings (SSSR count). The summed E-state index contributed by atoms with van der Waals surface area (Å²) in [7, 11) is 2.13. The zero-order valence-electron chi connectivity index (χ0n) is 9.13. The molecule has 0 radical (unpaired) electrons. The maximum absolute atomic E-state index is 8.66. The summed E-state index contributed by atoms with van der Waals surface area (Å²) in [6.45, 7) is 4.13. The molecule has 1 unspecified atom stereocenters. The molecule has 0 aromatic rings. The van der Waals surface area contributed by atoms with E-state index in [0.717, 1.165) is 38.9 Å². The van der Waals surface area contributed by atoms with E-state index in [-0.39, 0.29) is 12.1 Å². The summed E-state index contributed by atoms with van der Waals surface area (Å²) in [4.78, 5) is 2.31. The van der Waals surface area contributed by atoms with E-state index in [1.807, 2.05) is 0 Å². The Morgan fingerprint density at radius 2 is 2.29 bits per heavy atom. The second kappa shape index (κ2) is 5.66. The molecular formula is C10H23N3O. The lowest BCUT2D eigenvalue weighted by Gasteiger charge is -2.29. The molecule has 84 valence electrons. The van der Waals surface area contributed by atoms with Crippen LogP contribution in [0.1, 0.15) is 19.3 Å². The topological polar surface area (TPSA) is 61.5 Å². The molecule has 1 saturated heterocycles. The van der Waals surface area contributed by atoms with Gasteiger partial charge >= 0.3 is 0 Å². The van der Waals surface area contributed by atoms with Crippen LogP contribution in [-0.4, -0.2) is 55.4 Å². The van der Waals surface area contributed by atoms with Crippen molar-refractivity contribution in [2.75, 3.05) is 39.8 Å². The van der Waals surface area contributed by atoms with Crippen molar-refractivity contribution in [1.29, 1.82) is 0 Å². The number of aliphatic hydroxyl groups is 1. The Balaban J connectivity index is 2.24. The number of nitrogens with two attached hydrogens (primary N) is 1. The Morgan fingerprint density at radius 1 is 1.50 bits per heavy atom. The van der Waals surface area contributed by atoms with E-state index in [2.05, 4.69) is 17.3 Å². The van der Waals surface area contributed by atoms with Gasteiger partial charge in [-0.25, -0.2) is 0 Å². The molecule has 0 aromatic carbocycles. The zero-order valence-corrected chi connectivity index (χ0v) is 9.13. The highest BCUT2D eigenvalue weighted by molar-refractivity contribution is 4.97. The predicted molar refractivity (Wildman–Crippen MR) is 58.2 cm³/mol.